The van der Waals surface area contributed by atoms with Crippen molar-refractivity contribution in [2.24, 2.45) is 0 Å². The Morgan fingerprint density at radius 2 is 1.46 bits per heavy atom. The second-order valence-corrected chi connectivity index (χ2v) is 5.13. The normalized spacial score (nSPS) is 10.6. The molecule has 0 aromatic carbocycles. The second kappa shape index (κ2) is 12.7. The summed E-state index contributed by atoms with van der Waals surface area (Å²) in [7, 11) is 0. The van der Waals surface area contributed by atoms with Gasteiger partial charge >= 0.3 is 0 Å². The first kappa shape index (κ1) is 13.7. The van der Waals surface area contributed by atoms with Crippen LogP contribution in [0.3, 0.4) is 0 Å². The van der Waals surface area contributed by atoms with Gasteiger partial charge < -0.3 is 0 Å². The monoisotopic (exact) mass is 220 g/mol. The molecule has 0 aromatic rings. The van der Waals surface area contributed by atoms with Gasteiger partial charge in [-0.15, -0.1) is 0 Å². The smallest absolute Gasteiger partial charge is 0.00210 e. The van der Waals surface area contributed by atoms with E-state index in [9.17, 15) is 0 Å². The maximum absolute atomic E-state index is 4.18. The van der Waals surface area contributed by atoms with Crippen LogP contribution in [0, 0.1) is 0 Å². The Kier molecular flexibility index (Phi) is 13.4. The maximum Gasteiger partial charge on any atom is 0.00210 e. The lowest BCUT2D eigenvalue weighted by atomic mass is 10.1. The van der Waals surface area contributed by atoms with Gasteiger partial charge in [0.15, 0.2) is 0 Å². The first-order chi connectivity index (χ1) is 6.41. The minimum atomic E-state index is 1.03. The zero-order valence-electron chi connectivity index (χ0n) is 8.93. The third-order valence-corrected chi connectivity index (χ3v) is 3.72. The Morgan fingerprint density at radius 3 is 2.08 bits per heavy atom. The molecule has 0 atom stereocenters. The quantitative estimate of drug-likeness (QED) is 0.420. The van der Waals surface area contributed by atoms with Crippen molar-refractivity contribution in [2.45, 2.75) is 51.9 Å². The van der Waals surface area contributed by atoms with Crippen LogP contribution in [0.25, 0.3) is 0 Å². The molecule has 0 amide bonds. The molecule has 0 bridgehead atoms. The topological polar surface area (TPSA) is 0 Å². The number of hydrogen-bond acceptors (Lipinski definition) is 2. The van der Waals surface area contributed by atoms with Gasteiger partial charge in [-0.2, -0.15) is 24.4 Å². The molecule has 0 aromatic heterocycles. The van der Waals surface area contributed by atoms with Gasteiger partial charge in [0.05, 0.1) is 0 Å². The van der Waals surface area contributed by atoms with Crippen molar-refractivity contribution >= 4 is 24.4 Å². The van der Waals surface area contributed by atoms with Gasteiger partial charge in [0.25, 0.3) is 0 Å². The highest BCUT2D eigenvalue weighted by Gasteiger charge is 1.91. The Labute approximate surface area is 93.7 Å². The van der Waals surface area contributed by atoms with Gasteiger partial charge in [-0.1, -0.05) is 45.4 Å². The van der Waals surface area contributed by atoms with Crippen molar-refractivity contribution in [1.29, 1.82) is 0 Å². The van der Waals surface area contributed by atoms with Gasteiger partial charge in [-0.25, -0.2) is 0 Å². The van der Waals surface area contributed by atoms with Crippen molar-refractivity contribution < 1.29 is 0 Å². The molecule has 13 heavy (non-hydrogen) atoms. The van der Waals surface area contributed by atoms with Gasteiger partial charge in [0, 0.05) is 5.75 Å². The summed E-state index contributed by atoms with van der Waals surface area (Å²) in [4.78, 5) is 0. The lowest BCUT2D eigenvalue weighted by Crippen LogP contribution is -1.85. The van der Waals surface area contributed by atoms with Gasteiger partial charge in [-0.05, 0) is 17.9 Å². The third-order valence-electron chi connectivity index (χ3n) is 2.13. The van der Waals surface area contributed by atoms with E-state index in [2.05, 4.69) is 19.6 Å². The lowest BCUT2D eigenvalue weighted by molar-refractivity contribution is 0.603. The fraction of sp³-hybridized carbons (Fsp3) is 1.00. The summed E-state index contributed by atoms with van der Waals surface area (Å²) in [6, 6.07) is 0. The SMILES string of the molecule is CCCCCCCCCSCCS. The lowest BCUT2D eigenvalue weighted by Gasteiger charge is -2.00. The predicted octanol–water partition coefficient (Wildman–Crippen LogP) is 4.40. The number of unbranched alkanes of at least 4 members (excludes halogenated alkanes) is 6. The van der Waals surface area contributed by atoms with E-state index < -0.39 is 0 Å². The molecule has 0 aliphatic rings. The molecule has 0 saturated heterocycles. The fourth-order valence-corrected chi connectivity index (χ4v) is 2.46. The average Bonchev–Trinajstić information content (AvgIpc) is 2.16. The fourth-order valence-electron chi connectivity index (χ4n) is 1.33. The first-order valence-corrected chi connectivity index (χ1v) is 7.39. The Balaban J connectivity index is 2.76. The standard InChI is InChI=1S/C11H24S2/c1-2-3-4-5-6-7-8-10-13-11-9-12/h12H,2-11H2,1H3. The van der Waals surface area contributed by atoms with Gasteiger partial charge in [-0.3, -0.25) is 0 Å². The Morgan fingerprint density at radius 1 is 0.846 bits per heavy atom. The van der Waals surface area contributed by atoms with E-state index in [-0.39, 0.29) is 0 Å². The average molecular weight is 220 g/mol. The summed E-state index contributed by atoms with van der Waals surface area (Å²) in [6.07, 6.45) is 9.97. The molecule has 0 rings (SSSR count). The molecule has 0 saturated carbocycles. The van der Waals surface area contributed by atoms with E-state index in [1.54, 1.807) is 0 Å². The number of rotatable bonds is 10. The van der Waals surface area contributed by atoms with Crippen LogP contribution in [-0.4, -0.2) is 17.3 Å². The van der Waals surface area contributed by atoms with Crippen LogP contribution in [0.2, 0.25) is 0 Å². The summed E-state index contributed by atoms with van der Waals surface area (Å²) < 4.78 is 0. The van der Waals surface area contributed by atoms with E-state index in [4.69, 9.17) is 0 Å². The Bertz CT molecular complexity index is 74.2. The van der Waals surface area contributed by atoms with Crippen LogP contribution in [-0.2, 0) is 0 Å². The molecule has 0 fully saturated rings. The molecule has 0 aliphatic carbocycles. The van der Waals surface area contributed by atoms with E-state index in [0.29, 0.717) is 0 Å². The number of thioether (sulfide) groups is 1. The summed E-state index contributed by atoms with van der Waals surface area (Å²) >= 11 is 6.23. The molecule has 80 valence electrons. The van der Waals surface area contributed by atoms with Crippen LogP contribution in [0.1, 0.15) is 51.9 Å². The molecule has 0 spiro atoms. The van der Waals surface area contributed by atoms with Crippen molar-refractivity contribution in [2.75, 3.05) is 17.3 Å². The van der Waals surface area contributed by atoms with Gasteiger partial charge in [0.2, 0.25) is 0 Å². The van der Waals surface area contributed by atoms with Crippen LogP contribution in [0.5, 0.6) is 0 Å². The zero-order chi connectivity index (χ0) is 9.78. The molecule has 0 unspecified atom stereocenters. The van der Waals surface area contributed by atoms with Gasteiger partial charge in [0.1, 0.15) is 0 Å². The van der Waals surface area contributed by atoms with E-state index in [1.807, 2.05) is 11.8 Å². The molecule has 0 N–H and O–H groups in total. The highest BCUT2D eigenvalue weighted by molar-refractivity contribution is 7.99. The molecular formula is C11H24S2. The highest BCUT2D eigenvalue weighted by atomic mass is 32.2. The first-order valence-electron chi connectivity index (χ1n) is 5.60. The second-order valence-electron chi connectivity index (χ2n) is 3.46. The summed E-state index contributed by atoms with van der Waals surface area (Å²) in [5, 5.41) is 0. The molecule has 0 heterocycles. The molecular weight excluding hydrogens is 196 g/mol. The minimum absolute atomic E-state index is 1.03. The number of hydrogen-bond donors (Lipinski definition) is 1. The van der Waals surface area contributed by atoms with Crippen LogP contribution in [0.15, 0.2) is 0 Å². The minimum Gasteiger partial charge on any atom is -0.179 e. The summed E-state index contributed by atoms with van der Waals surface area (Å²) in [5.74, 6) is 3.59. The predicted molar refractivity (Wildman–Crippen MR) is 69.2 cm³/mol. The molecule has 2 heteroatoms. The molecule has 0 radical (unpaired) electrons. The zero-order valence-corrected chi connectivity index (χ0v) is 10.6. The third kappa shape index (κ3) is 12.7. The van der Waals surface area contributed by atoms with Crippen LogP contribution in [0.4, 0.5) is 0 Å². The van der Waals surface area contributed by atoms with E-state index in [1.165, 1.54) is 56.5 Å². The van der Waals surface area contributed by atoms with Crippen molar-refractivity contribution in [3.05, 3.63) is 0 Å². The molecule has 0 aliphatic heterocycles. The summed E-state index contributed by atoms with van der Waals surface area (Å²) in [5.41, 5.74) is 0. The maximum atomic E-state index is 4.18. The number of thiol groups is 1. The largest absolute Gasteiger partial charge is 0.179 e. The molecule has 0 nitrogen and oxygen atoms in total. The van der Waals surface area contributed by atoms with E-state index >= 15 is 0 Å². The van der Waals surface area contributed by atoms with Crippen molar-refractivity contribution in [1.82, 2.24) is 0 Å². The highest BCUT2D eigenvalue weighted by Crippen LogP contribution is 2.10. The van der Waals surface area contributed by atoms with Crippen molar-refractivity contribution in [3.63, 3.8) is 0 Å². The summed E-state index contributed by atoms with van der Waals surface area (Å²) in [6.45, 7) is 2.27. The van der Waals surface area contributed by atoms with Crippen LogP contribution >= 0.6 is 24.4 Å². The Hall–Kier alpha value is 0.700. The van der Waals surface area contributed by atoms with E-state index in [0.717, 1.165) is 5.75 Å². The van der Waals surface area contributed by atoms with Crippen LogP contribution < -0.4 is 0 Å². The van der Waals surface area contributed by atoms with Crippen molar-refractivity contribution in [3.8, 4) is 0 Å².